The molecule has 32 heavy (non-hydrogen) atoms. The second-order valence-corrected chi connectivity index (χ2v) is 8.40. The van der Waals surface area contributed by atoms with Crippen molar-refractivity contribution in [3.05, 3.63) is 86.0 Å². The van der Waals surface area contributed by atoms with E-state index in [1.165, 1.54) is 6.08 Å². The van der Waals surface area contributed by atoms with Gasteiger partial charge in [-0.3, -0.25) is 4.79 Å². The molecule has 0 radical (unpaired) electrons. The van der Waals surface area contributed by atoms with E-state index in [0.717, 1.165) is 14.9 Å². The van der Waals surface area contributed by atoms with E-state index in [-0.39, 0.29) is 12.4 Å². The number of hydrogen-bond acceptors (Lipinski definition) is 5. The fourth-order valence-corrected chi connectivity index (χ4v) is 3.78. The van der Waals surface area contributed by atoms with E-state index in [1.807, 2.05) is 36.4 Å². The van der Waals surface area contributed by atoms with Crippen molar-refractivity contribution in [1.29, 1.82) is 5.26 Å². The first-order valence-corrected chi connectivity index (χ1v) is 11.0. The molecule has 0 saturated heterocycles. The van der Waals surface area contributed by atoms with Crippen LogP contribution in [-0.2, 0) is 11.4 Å². The fourth-order valence-electron chi connectivity index (χ4n) is 2.96. The number of benzene rings is 3. The highest BCUT2D eigenvalue weighted by Crippen LogP contribution is 2.33. The molecular formula is C24H16ClIN2O4. The van der Waals surface area contributed by atoms with Crippen LogP contribution in [-0.4, -0.2) is 12.7 Å². The molecule has 0 saturated carbocycles. The molecule has 1 amide bonds. The van der Waals surface area contributed by atoms with Gasteiger partial charge in [-0.05, 0) is 88.3 Å². The topological polar surface area (TPSA) is 80.6 Å². The first kappa shape index (κ1) is 22.0. The molecule has 1 aliphatic heterocycles. The zero-order valence-electron chi connectivity index (χ0n) is 16.6. The summed E-state index contributed by atoms with van der Waals surface area (Å²) in [4.78, 5) is 12.4. The Balaban J connectivity index is 1.43. The Morgan fingerprint density at radius 3 is 2.66 bits per heavy atom. The van der Waals surface area contributed by atoms with Crippen LogP contribution in [0.2, 0.25) is 5.02 Å². The lowest BCUT2D eigenvalue weighted by atomic mass is 10.1. The van der Waals surface area contributed by atoms with Gasteiger partial charge < -0.3 is 19.5 Å². The fraction of sp³-hybridized carbons (Fsp3) is 0.0833. The predicted molar refractivity (Wildman–Crippen MR) is 130 cm³/mol. The molecule has 0 bridgehead atoms. The van der Waals surface area contributed by atoms with Crippen LogP contribution >= 0.6 is 34.2 Å². The van der Waals surface area contributed by atoms with Crippen LogP contribution < -0.4 is 19.5 Å². The number of nitrogens with zero attached hydrogens (tertiary/aromatic N) is 1. The number of amides is 1. The van der Waals surface area contributed by atoms with Crippen molar-refractivity contribution in [3.8, 4) is 23.3 Å². The summed E-state index contributed by atoms with van der Waals surface area (Å²) in [5.74, 6) is 1.65. The number of carbonyl (C=O) groups is 1. The highest BCUT2D eigenvalue weighted by molar-refractivity contribution is 14.1. The van der Waals surface area contributed by atoms with Crippen molar-refractivity contribution in [2.24, 2.45) is 0 Å². The number of ether oxygens (including phenoxy) is 3. The number of carbonyl (C=O) groups excluding carboxylic acids is 1. The van der Waals surface area contributed by atoms with Crippen LogP contribution in [0.5, 0.6) is 17.2 Å². The summed E-state index contributed by atoms with van der Waals surface area (Å²) in [6.45, 7) is 0.601. The van der Waals surface area contributed by atoms with Crippen LogP contribution in [0.4, 0.5) is 5.69 Å². The minimum absolute atomic E-state index is 0.00946. The quantitative estimate of drug-likeness (QED) is 0.235. The lowest BCUT2D eigenvalue weighted by Crippen LogP contribution is -2.13. The third kappa shape index (κ3) is 5.33. The van der Waals surface area contributed by atoms with Crippen molar-refractivity contribution in [2.75, 3.05) is 12.1 Å². The Morgan fingerprint density at radius 1 is 1.12 bits per heavy atom. The molecule has 0 spiro atoms. The number of rotatable bonds is 6. The second-order valence-electron chi connectivity index (χ2n) is 6.80. The lowest BCUT2D eigenvalue weighted by Gasteiger charge is -2.10. The van der Waals surface area contributed by atoms with Crippen molar-refractivity contribution >= 4 is 51.9 Å². The third-order valence-electron chi connectivity index (χ3n) is 4.57. The van der Waals surface area contributed by atoms with Gasteiger partial charge in [-0.15, -0.1) is 0 Å². The molecule has 0 aliphatic carbocycles. The molecule has 3 aromatic carbocycles. The molecule has 8 heteroatoms. The Labute approximate surface area is 203 Å². The van der Waals surface area contributed by atoms with E-state index >= 15 is 0 Å². The van der Waals surface area contributed by atoms with Gasteiger partial charge in [0.25, 0.3) is 5.91 Å². The summed E-state index contributed by atoms with van der Waals surface area (Å²) in [5.41, 5.74) is 2.22. The average Bonchev–Trinajstić information content (AvgIpc) is 3.26. The molecule has 1 aliphatic rings. The smallest absolute Gasteiger partial charge is 0.266 e. The minimum Gasteiger partial charge on any atom is -0.488 e. The summed E-state index contributed by atoms with van der Waals surface area (Å²) in [6.07, 6.45) is 1.54. The number of hydrogen-bond donors (Lipinski definition) is 1. The van der Waals surface area contributed by atoms with Gasteiger partial charge in [-0.25, -0.2) is 0 Å². The molecule has 1 heterocycles. The maximum atomic E-state index is 12.4. The Morgan fingerprint density at radius 2 is 1.91 bits per heavy atom. The van der Waals surface area contributed by atoms with E-state index < -0.39 is 5.91 Å². The number of nitriles is 1. The molecular weight excluding hydrogens is 543 g/mol. The van der Waals surface area contributed by atoms with E-state index in [0.29, 0.717) is 34.4 Å². The maximum absolute atomic E-state index is 12.4. The van der Waals surface area contributed by atoms with Crippen molar-refractivity contribution in [3.63, 3.8) is 0 Å². The first-order valence-electron chi connectivity index (χ1n) is 9.51. The zero-order valence-corrected chi connectivity index (χ0v) is 19.5. The highest BCUT2D eigenvalue weighted by Gasteiger charge is 2.14. The molecule has 0 atom stereocenters. The molecule has 4 rings (SSSR count). The van der Waals surface area contributed by atoms with E-state index in [2.05, 4.69) is 27.9 Å². The van der Waals surface area contributed by atoms with E-state index in [1.54, 1.807) is 30.3 Å². The Kier molecular flexibility index (Phi) is 6.83. The molecule has 0 fully saturated rings. The van der Waals surface area contributed by atoms with Crippen molar-refractivity contribution in [2.45, 2.75) is 6.61 Å². The second kappa shape index (κ2) is 9.94. The van der Waals surface area contributed by atoms with Crippen molar-refractivity contribution < 1.29 is 19.0 Å². The number of fused-ring (bicyclic) bond motifs is 1. The zero-order chi connectivity index (χ0) is 22.5. The van der Waals surface area contributed by atoms with Crippen LogP contribution in [0, 0.1) is 14.9 Å². The molecule has 0 aromatic heterocycles. The van der Waals surface area contributed by atoms with Gasteiger partial charge in [0.1, 0.15) is 24.0 Å². The summed E-state index contributed by atoms with van der Waals surface area (Å²) in [5, 5.41) is 12.7. The largest absolute Gasteiger partial charge is 0.488 e. The number of nitrogens with one attached hydrogen (secondary N) is 1. The van der Waals surface area contributed by atoms with Gasteiger partial charge in [0, 0.05) is 10.7 Å². The van der Waals surface area contributed by atoms with Crippen LogP contribution in [0.15, 0.2) is 66.2 Å². The van der Waals surface area contributed by atoms with Gasteiger partial charge in [-0.1, -0.05) is 23.7 Å². The van der Waals surface area contributed by atoms with Crippen LogP contribution in [0.3, 0.4) is 0 Å². The molecule has 6 nitrogen and oxygen atoms in total. The van der Waals surface area contributed by atoms with Crippen LogP contribution in [0.1, 0.15) is 11.1 Å². The van der Waals surface area contributed by atoms with Crippen molar-refractivity contribution in [1.82, 2.24) is 0 Å². The highest BCUT2D eigenvalue weighted by atomic mass is 127. The Hall–Kier alpha value is -3.22. The van der Waals surface area contributed by atoms with Gasteiger partial charge >= 0.3 is 0 Å². The average molecular weight is 559 g/mol. The van der Waals surface area contributed by atoms with Gasteiger partial charge in [0.2, 0.25) is 6.79 Å². The normalized spacial score (nSPS) is 12.2. The SMILES string of the molecule is N#C/C(=C/c1ccc(OCc2ccc3c(c2)OCO3)c(I)c1)C(=O)Nc1ccc(Cl)cc1. The van der Waals surface area contributed by atoms with Gasteiger partial charge in [-0.2, -0.15) is 5.26 Å². The summed E-state index contributed by atoms with van der Waals surface area (Å²) >= 11 is 8.02. The lowest BCUT2D eigenvalue weighted by molar-refractivity contribution is -0.112. The van der Waals surface area contributed by atoms with Crippen LogP contribution in [0.25, 0.3) is 6.08 Å². The molecule has 1 N–H and O–H groups in total. The Bertz CT molecular complexity index is 1240. The third-order valence-corrected chi connectivity index (χ3v) is 5.66. The number of anilines is 1. The molecule has 160 valence electrons. The van der Waals surface area contributed by atoms with Gasteiger partial charge in [0.05, 0.1) is 3.57 Å². The van der Waals surface area contributed by atoms with E-state index in [9.17, 15) is 10.1 Å². The standard InChI is InChI=1S/C24H16ClIN2O4/c25-18-3-5-19(6-4-18)28-24(29)17(12-27)9-15-1-7-21(20(26)10-15)30-13-16-2-8-22-23(11-16)32-14-31-22/h1-11H,13-14H2,(H,28,29)/b17-9-. The maximum Gasteiger partial charge on any atom is 0.266 e. The van der Waals surface area contributed by atoms with E-state index in [4.69, 9.17) is 25.8 Å². The predicted octanol–water partition coefficient (Wildman–Crippen LogP) is 5.80. The number of halogens is 2. The monoisotopic (exact) mass is 558 g/mol. The van der Waals surface area contributed by atoms with Gasteiger partial charge in [0.15, 0.2) is 11.5 Å². The molecule has 3 aromatic rings. The summed E-state index contributed by atoms with van der Waals surface area (Å²) < 4.78 is 17.5. The summed E-state index contributed by atoms with van der Waals surface area (Å²) in [7, 11) is 0. The summed E-state index contributed by atoms with van der Waals surface area (Å²) in [6, 6.07) is 19.8. The first-order chi connectivity index (χ1) is 15.5. The molecule has 0 unspecified atom stereocenters. The minimum atomic E-state index is -0.493.